The largest absolute Gasteiger partial charge is 0.237 e. The van der Waals surface area contributed by atoms with Gasteiger partial charge in [-0.1, -0.05) is 0 Å². The molecule has 0 amide bonds. The van der Waals surface area contributed by atoms with Gasteiger partial charge in [-0.3, -0.25) is 0 Å². The Morgan fingerprint density at radius 3 is 1.70 bits per heavy atom. The molecule has 104 valence electrons. The van der Waals surface area contributed by atoms with Gasteiger partial charge in [0.05, 0.1) is 0 Å². The maximum atomic E-state index is 10.8. The second-order valence-electron chi connectivity index (χ2n) is 4.83. The van der Waals surface area contributed by atoms with Crippen LogP contribution in [0.5, 0.6) is 0 Å². The van der Waals surface area contributed by atoms with Crippen molar-refractivity contribution in [3.63, 3.8) is 0 Å². The van der Waals surface area contributed by atoms with Gasteiger partial charge in [-0.2, -0.15) is 20.0 Å². The Labute approximate surface area is 114 Å². The standard InChI is InChI=1S/C12H12N4O4/c1-10(13-6-17)4-3-5-12(15-8-19,16-9-20)11(10,2)14-7-18/h3-5H2,1-2H3. The highest BCUT2D eigenvalue weighted by Gasteiger charge is 2.63. The molecule has 0 bridgehead atoms. The number of hydrogen-bond acceptors (Lipinski definition) is 8. The molecule has 0 spiro atoms. The molecular formula is C12H12N4O4. The van der Waals surface area contributed by atoms with Gasteiger partial charge in [0.1, 0.15) is 11.1 Å². The lowest BCUT2D eigenvalue weighted by atomic mass is 9.63. The van der Waals surface area contributed by atoms with Crippen molar-refractivity contribution < 1.29 is 19.2 Å². The Hall–Kier alpha value is -2.48. The van der Waals surface area contributed by atoms with E-state index >= 15 is 0 Å². The van der Waals surface area contributed by atoms with E-state index in [0.717, 1.165) is 0 Å². The third-order valence-corrected chi connectivity index (χ3v) is 4.04. The Morgan fingerprint density at radius 1 is 0.750 bits per heavy atom. The molecule has 0 radical (unpaired) electrons. The zero-order valence-corrected chi connectivity index (χ0v) is 11.0. The summed E-state index contributed by atoms with van der Waals surface area (Å²) < 4.78 is 0. The Balaban J connectivity index is 3.73. The average molecular weight is 276 g/mol. The topological polar surface area (TPSA) is 118 Å². The summed E-state index contributed by atoms with van der Waals surface area (Å²) in [7, 11) is 0. The van der Waals surface area contributed by atoms with Gasteiger partial charge in [-0.05, 0) is 33.1 Å². The van der Waals surface area contributed by atoms with Crippen LogP contribution in [0.4, 0.5) is 0 Å². The first-order chi connectivity index (χ1) is 9.45. The first-order valence-corrected chi connectivity index (χ1v) is 5.81. The third-order valence-electron chi connectivity index (χ3n) is 4.04. The van der Waals surface area contributed by atoms with Gasteiger partial charge in [0.15, 0.2) is 0 Å². The Kier molecular flexibility index (Phi) is 4.41. The fraction of sp³-hybridized carbons (Fsp3) is 0.667. The van der Waals surface area contributed by atoms with Gasteiger partial charge in [-0.25, -0.2) is 19.2 Å². The molecule has 8 nitrogen and oxygen atoms in total. The molecule has 2 unspecified atom stereocenters. The van der Waals surface area contributed by atoms with Crippen molar-refractivity contribution >= 4 is 24.3 Å². The van der Waals surface area contributed by atoms with E-state index in [1.165, 1.54) is 31.2 Å². The van der Waals surface area contributed by atoms with Crippen molar-refractivity contribution in [2.45, 2.75) is 49.9 Å². The molecule has 0 heterocycles. The minimum Gasteiger partial charge on any atom is -0.211 e. The number of rotatable bonds is 4. The van der Waals surface area contributed by atoms with Gasteiger partial charge < -0.3 is 0 Å². The Bertz CT molecular complexity index is 575. The molecule has 20 heavy (non-hydrogen) atoms. The second kappa shape index (κ2) is 5.66. The number of carbonyl (C=O) groups excluding carboxylic acids is 4. The van der Waals surface area contributed by atoms with E-state index in [9.17, 15) is 19.2 Å². The molecule has 0 saturated heterocycles. The zero-order chi connectivity index (χ0) is 15.3. The lowest BCUT2D eigenvalue weighted by molar-refractivity contribution is 0.0911. The van der Waals surface area contributed by atoms with Gasteiger partial charge in [0, 0.05) is 0 Å². The van der Waals surface area contributed by atoms with Crippen LogP contribution in [0, 0.1) is 0 Å². The SMILES string of the molecule is CC1(N=C=O)CCCC(N=C=O)(N=C=O)C1(C)N=C=O. The predicted octanol–water partition coefficient (Wildman–Crippen LogP) is 0.727. The summed E-state index contributed by atoms with van der Waals surface area (Å²) in [6.07, 6.45) is 6.46. The minimum atomic E-state index is -1.68. The quantitative estimate of drug-likeness (QED) is 0.555. The minimum absolute atomic E-state index is 0.170. The summed E-state index contributed by atoms with van der Waals surface area (Å²) in [6.45, 7) is 2.98. The van der Waals surface area contributed by atoms with Crippen LogP contribution in [0.1, 0.15) is 33.1 Å². The normalized spacial score (nSPS) is 35.5. The Morgan fingerprint density at radius 2 is 1.25 bits per heavy atom. The first kappa shape index (κ1) is 15.6. The maximum absolute atomic E-state index is 10.8. The van der Waals surface area contributed by atoms with E-state index in [4.69, 9.17) is 0 Å². The van der Waals surface area contributed by atoms with Gasteiger partial charge in [-0.15, -0.1) is 0 Å². The molecule has 1 aliphatic carbocycles. The highest BCUT2D eigenvalue weighted by Crippen LogP contribution is 2.50. The number of isocyanates is 4. The molecule has 1 fully saturated rings. The highest BCUT2D eigenvalue weighted by molar-refractivity contribution is 5.47. The van der Waals surface area contributed by atoms with Crippen molar-refractivity contribution in [1.82, 2.24) is 0 Å². The third kappa shape index (κ3) is 2.10. The summed E-state index contributed by atoms with van der Waals surface area (Å²) in [5.74, 6) is 0. The van der Waals surface area contributed by atoms with Gasteiger partial charge >= 0.3 is 0 Å². The van der Waals surface area contributed by atoms with Crippen LogP contribution in [0.25, 0.3) is 0 Å². The fourth-order valence-electron chi connectivity index (χ4n) is 2.67. The van der Waals surface area contributed by atoms with Crippen molar-refractivity contribution in [3.8, 4) is 0 Å². The summed E-state index contributed by atoms with van der Waals surface area (Å²) >= 11 is 0. The van der Waals surface area contributed by atoms with Crippen molar-refractivity contribution in [2.24, 2.45) is 20.0 Å². The van der Waals surface area contributed by atoms with Crippen LogP contribution in [0.2, 0.25) is 0 Å². The number of nitrogens with zero attached hydrogens (tertiary/aromatic N) is 4. The molecule has 0 aromatic heterocycles. The first-order valence-electron chi connectivity index (χ1n) is 5.81. The second-order valence-corrected chi connectivity index (χ2v) is 4.83. The van der Waals surface area contributed by atoms with Crippen molar-refractivity contribution in [3.05, 3.63) is 0 Å². The summed E-state index contributed by atoms with van der Waals surface area (Å²) in [4.78, 5) is 57.2. The van der Waals surface area contributed by atoms with Gasteiger partial charge in [0.2, 0.25) is 30.0 Å². The molecule has 0 aromatic carbocycles. The highest BCUT2D eigenvalue weighted by atomic mass is 16.1. The molecule has 1 aliphatic rings. The smallest absolute Gasteiger partial charge is 0.211 e. The van der Waals surface area contributed by atoms with Crippen LogP contribution in [-0.2, 0) is 19.2 Å². The molecule has 2 atom stereocenters. The van der Waals surface area contributed by atoms with E-state index < -0.39 is 16.7 Å². The zero-order valence-electron chi connectivity index (χ0n) is 11.0. The van der Waals surface area contributed by atoms with Gasteiger partial charge in [0.25, 0.3) is 0 Å². The van der Waals surface area contributed by atoms with Crippen LogP contribution < -0.4 is 0 Å². The van der Waals surface area contributed by atoms with E-state index in [0.29, 0.717) is 12.8 Å². The summed E-state index contributed by atoms with van der Waals surface area (Å²) in [5, 5.41) is 0. The summed E-state index contributed by atoms with van der Waals surface area (Å²) in [6, 6.07) is 0. The lowest BCUT2D eigenvalue weighted by Crippen LogP contribution is -2.63. The predicted molar refractivity (Wildman–Crippen MR) is 65.9 cm³/mol. The van der Waals surface area contributed by atoms with E-state index in [2.05, 4.69) is 20.0 Å². The van der Waals surface area contributed by atoms with E-state index in [1.54, 1.807) is 6.92 Å². The van der Waals surface area contributed by atoms with Crippen molar-refractivity contribution in [1.29, 1.82) is 0 Å². The molecule has 0 aliphatic heterocycles. The molecule has 0 aromatic rings. The van der Waals surface area contributed by atoms with Crippen molar-refractivity contribution in [2.75, 3.05) is 0 Å². The van der Waals surface area contributed by atoms with Crippen LogP contribution in [0.15, 0.2) is 20.0 Å². The molecule has 1 rings (SSSR count). The molecular weight excluding hydrogens is 264 g/mol. The van der Waals surface area contributed by atoms with Crippen LogP contribution in [0.3, 0.4) is 0 Å². The number of aliphatic imine (C=N–C) groups is 4. The van der Waals surface area contributed by atoms with E-state index in [1.807, 2.05) is 0 Å². The molecule has 0 N–H and O–H groups in total. The fourth-order valence-corrected chi connectivity index (χ4v) is 2.67. The lowest BCUT2D eigenvalue weighted by Gasteiger charge is -2.50. The van der Waals surface area contributed by atoms with E-state index in [-0.39, 0.29) is 6.42 Å². The van der Waals surface area contributed by atoms with Crippen LogP contribution >= 0.6 is 0 Å². The average Bonchev–Trinajstić information content (AvgIpc) is 2.38. The monoisotopic (exact) mass is 276 g/mol. The molecule has 1 saturated carbocycles. The number of hydrogen-bond donors (Lipinski definition) is 0. The van der Waals surface area contributed by atoms with Crippen LogP contribution in [-0.4, -0.2) is 41.1 Å². The summed E-state index contributed by atoms with van der Waals surface area (Å²) in [5.41, 5.74) is -4.42. The maximum Gasteiger partial charge on any atom is 0.237 e. The molecule has 8 heteroatoms.